The lowest BCUT2D eigenvalue weighted by Crippen LogP contribution is -2.15. The maximum absolute atomic E-state index is 13.3. The van der Waals surface area contributed by atoms with E-state index in [2.05, 4.69) is 20.8 Å². The van der Waals surface area contributed by atoms with Gasteiger partial charge < -0.3 is 0 Å². The maximum Gasteiger partial charge on any atom is 0.305 e. The van der Waals surface area contributed by atoms with E-state index in [9.17, 15) is 14.5 Å². The van der Waals surface area contributed by atoms with Crippen molar-refractivity contribution in [3.05, 3.63) is 39.7 Å². The van der Waals surface area contributed by atoms with Crippen molar-refractivity contribution in [2.45, 2.75) is 46.5 Å². The van der Waals surface area contributed by atoms with E-state index in [0.29, 0.717) is 11.8 Å². The molecule has 1 rings (SSSR count). The van der Waals surface area contributed by atoms with Crippen LogP contribution in [0.15, 0.2) is 18.2 Å². The van der Waals surface area contributed by atoms with Crippen LogP contribution in [-0.2, 0) is 0 Å². The maximum atomic E-state index is 13.3. The number of nitro groups is 1. The van der Waals surface area contributed by atoms with E-state index in [1.807, 2.05) is 6.92 Å². The monoisotopic (exact) mass is 267 g/mol. The van der Waals surface area contributed by atoms with Crippen LogP contribution in [0.3, 0.4) is 0 Å². The van der Waals surface area contributed by atoms with Gasteiger partial charge in [0.2, 0.25) is 5.82 Å². The van der Waals surface area contributed by atoms with Gasteiger partial charge in [0.1, 0.15) is 0 Å². The van der Waals surface area contributed by atoms with Crippen molar-refractivity contribution in [3.63, 3.8) is 0 Å². The molecule has 3 atom stereocenters. The Bertz CT molecular complexity index is 448. The van der Waals surface area contributed by atoms with Gasteiger partial charge in [0, 0.05) is 6.07 Å². The summed E-state index contributed by atoms with van der Waals surface area (Å²) in [6.07, 6.45) is 2.26. The van der Waals surface area contributed by atoms with Crippen LogP contribution in [-0.4, -0.2) is 4.92 Å². The second-order valence-corrected chi connectivity index (χ2v) is 5.38. The summed E-state index contributed by atoms with van der Waals surface area (Å²) in [6, 6.07) is 4.22. The Labute approximate surface area is 114 Å². The van der Waals surface area contributed by atoms with Crippen molar-refractivity contribution >= 4 is 5.69 Å². The van der Waals surface area contributed by atoms with E-state index < -0.39 is 16.4 Å². The smallest absolute Gasteiger partial charge is 0.258 e. The molecule has 0 aliphatic rings. The van der Waals surface area contributed by atoms with Crippen LogP contribution in [0.2, 0.25) is 0 Å². The Hall–Kier alpha value is -1.45. The van der Waals surface area contributed by atoms with Gasteiger partial charge in [0.15, 0.2) is 0 Å². The van der Waals surface area contributed by atoms with Crippen molar-refractivity contribution < 1.29 is 9.31 Å². The van der Waals surface area contributed by atoms with Crippen LogP contribution < -0.4 is 0 Å². The molecule has 0 heterocycles. The van der Waals surface area contributed by atoms with Gasteiger partial charge in [-0.1, -0.05) is 46.6 Å². The molecule has 0 saturated heterocycles. The number of rotatable bonds is 6. The molecule has 0 bridgehead atoms. The van der Waals surface area contributed by atoms with Gasteiger partial charge >= 0.3 is 5.69 Å². The molecule has 0 fully saturated rings. The zero-order chi connectivity index (χ0) is 14.6. The standard InChI is InChI=1S/C15H22FNO2/c1-5-6-10(2)11(3)12(4)13-7-8-14(16)15(9-13)17(18)19/h7-12H,5-6H2,1-4H3. The summed E-state index contributed by atoms with van der Waals surface area (Å²) in [5.41, 5.74) is 0.406. The molecule has 0 saturated carbocycles. The van der Waals surface area contributed by atoms with Crippen LogP contribution in [0.5, 0.6) is 0 Å². The first-order valence-corrected chi connectivity index (χ1v) is 6.82. The van der Waals surface area contributed by atoms with Crippen molar-refractivity contribution in [1.82, 2.24) is 0 Å². The Morgan fingerprint density at radius 2 is 1.95 bits per heavy atom. The minimum Gasteiger partial charge on any atom is -0.258 e. The van der Waals surface area contributed by atoms with Gasteiger partial charge in [-0.05, 0) is 29.4 Å². The summed E-state index contributed by atoms with van der Waals surface area (Å²) in [7, 11) is 0. The first-order chi connectivity index (χ1) is 8.88. The van der Waals surface area contributed by atoms with E-state index in [1.54, 1.807) is 6.07 Å². The van der Waals surface area contributed by atoms with Crippen molar-refractivity contribution in [2.75, 3.05) is 0 Å². The van der Waals surface area contributed by atoms with Crippen molar-refractivity contribution in [1.29, 1.82) is 0 Å². The minimum absolute atomic E-state index is 0.181. The molecule has 0 aliphatic heterocycles. The highest BCUT2D eigenvalue weighted by molar-refractivity contribution is 5.37. The Morgan fingerprint density at radius 1 is 1.32 bits per heavy atom. The van der Waals surface area contributed by atoms with E-state index in [0.717, 1.165) is 18.4 Å². The topological polar surface area (TPSA) is 43.1 Å². The van der Waals surface area contributed by atoms with Crippen LogP contribution in [0.4, 0.5) is 10.1 Å². The highest BCUT2D eigenvalue weighted by Gasteiger charge is 2.23. The fourth-order valence-electron chi connectivity index (χ4n) is 2.47. The number of hydrogen-bond acceptors (Lipinski definition) is 2. The molecule has 106 valence electrons. The first-order valence-electron chi connectivity index (χ1n) is 6.82. The summed E-state index contributed by atoms with van der Waals surface area (Å²) in [4.78, 5) is 10.1. The van der Waals surface area contributed by atoms with Gasteiger partial charge in [0.25, 0.3) is 0 Å². The molecule has 0 N–H and O–H groups in total. The predicted molar refractivity (Wildman–Crippen MR) is 74.7 cm³/mol. The molecule has 0 aromatic heterocycles. The van der Waals surface area contributed by atoms with Gasteiger partial charge in [-0.25, -0.2) is 0 Å². The summed E-state index contributed by atoms with van der Waals surface area (Å²) in [5, 5.41) is 10.8. The number of hydrogen-bond donors (Lipinski definition) is 0. The quantitative estimate of drug-likeness (QED) is 0.543. The lowest BCUT2D eigenvalue weighted by molar-refractivity contribution is -0.387. The fourth-order valence-corrected chi connectivity index (χ4v) is 2.47. The lowest BCUT2D eigenvalue weighted by atomic mass is 9.79. The van der Waals surface area contributed by atoms with E-state index in [-0.39, 0.29) is 5.92 Å². The lowest BCUT2D eigenvalue weighted by Gasteiger charge is -2.26. The third kappa shape index (κ3) is 3.75. The van der Waals surface area contributed by atoms with Crippen molar-refractivity contribution in [3.8, 4) is 0 Å². The Kier molecular flexibility index (Phi) is 5.45. The van der Waals surface area contributed by atoms with Crippen molar-refractivity contribution in [2.24, 2.45) is 11.8 Å². The second-order valence-electron chi connectivity index (χ2n) is 5.38. The Balaban J connectivity index is 2.96. The second kappa shape index (κ2) is 6.64. The average Bonchev–Trinajstić information content (AvgIpc) is 2.37. The molecule has 3 unspecified atom stereocenters. The third-order valence-electron chi connectivity index (χ3n) is 4.12. The largest absolute Gasteiger partial charge is 0.305 e. The first kappa shape index (κ1) is 15.6. The summed E-state index contributed by atoms with van der Waals surface area (Å²) < 4.78 is 13.3. The third-order valence-corrected chi connectivity index (χ3v) is 4.12. The molecule has 0 amide bonds. The molecule has 0 radical (unpaired) electrons. The van der Waals surface area contributed by atoms with Gasteiger partial charge in [0.05, 0.1) is 4.92 Å². The SMILES string of the molecule is CCCC(C)C(C)C(C)c1ccc(F)c([N+](=O)[O-])c1. The molecule has 19 heavy (non-hydrogen) atoms. The van der Waals surface area contributed by atoms with Gasteiger partial charge in [-0.15, -0.1) is 0 Å². The average molecular weight is 267 g/mol. The predicted octanol–water partition coefficient (Wildman–Crippen LogP) is 4.91. The highest BCUT2D eigenvalue weighted by Crippen LogP contribution is 2.33. The van der Waals surface area contributed by atoms with E-state index >= 15 is 0 Å². The van der Waals surface area contributed by atoms with E-state index in [4.69, 9.17) is 0 Å². The molecule has 4 heteroatoms. The molecule has 0 aliphatic carbocycles. The minimum atomic E-state index is -0.768. The molecular formula is C15H22FNO2. The summed E-state index contributed by atoms with van der Waals surface area (Å²) in [5.74, 6) is 0.366. The number of nitrogens with zero attached hydrogens (tertiary/aromatic N) is 1. The number of benzene rings is 1. The van der Waals surface area contributed by atoms with Crippen LogP contribution in [0.1, 0.15) is 52.0 Å². The van der Waals surface area contributed by atoms with Crippen LogP contribution in [0.25, 0.3) is 0 Å². The molecular weight excluding hydrogens is 245 g/mol. The normalized spacial score (nSPS) is 15.8. The zero-order valence-electron chi connectivity index (χ0n) is 12.0. The molecule has 1 aromatic rings. The molecule has 0 spiro atoms. The Morgan fingerprint density at radius 3 is 2.47 bits per heavy atom. The number of halogens is 1. The zero-order valence-corrected chi connectivity index (χ0v) is 12.0. The van der Waals surface area contributed by atoms with E-state index in [1.165, 1.54) is 12.1 Å². The molecule has 3 nitrogen and oxygen atoms in total. The summed E-state index contributed by atoms with van der Waals surface area (Å²) >= 11 is 0. The fraction of sp³-hybridized carbons (Fsp3) is 0.600. The highest BCUT2D eigenvalue weighted by atomic mass is 19.1. The van der Waals surface area contributed by atoms with Crippen LogP contribution in [0, 0.1) is 27.8 Å². The van der Waals surface area contributed by atoms with Gasteiger partial charge in [-0.2, -0.15) is 4.39 Å². The summed E-state index contributed by atoms with van der Waals surface area (Å²) in [6.45, 7) is 8.55. The van der Waals surface area contributed by atoms with Crippen LogP contribution >= 0.6 is 0 Å². The number of nitro benzene ring substituents is 1. The van der Waals surface area contributed by atoms with Gasteiger partial charge in [-0.3, -0.25) is 10.1 Å². The molecule has 1 aromatic carbocycles.